The van der Waals surface area contributed by atoms with Crippen LogP contribution >= 0.6 is 0 Å². The topological polar surface area (TPSA) is 168 Å². The van der Waals surface area contributed by atoms with Gasteiger partial charge in [0.15, 0.2) is 5.69 Å². The lowest BCUT2D eigenvalue weighted by Gasteiger charge is -2.26. The third kappa shape index (κ3) is 6.22. The summed E-state index contributed by atoms with van der Waals surface area (Å²) in [6.45, 7) is 9.92. The van der Waals surface area contributed by atoms with E-state index < -0.39 is 53.7 Å². The molecular weight excluding hydrogens is 452 g/mol. The minimum absolute atomic E-state index is 0.00771. The maximum Gasteiger partial charge on any atom is 0.407 e. The zero-order chi connectivity index (χ0) is 25.6. The summed E-state index contributed by atoms with van der Waals surface area (Å²) in [5.41, 5.74) is -1.53. The van der Waals surface area contributed by atoms with Gasteiger partial charge in [0.25, 0.3) is 0 Å². The van der Waals surface area contributed by atoms with Crippen molar-refractivity contribution in [2.75, 3.05) is 19.8 Å². The van der Waals surface area contributed by atoms with Gasteiger partial charge in [-0.15, -0.1) is 5.10 Å². The van der Waals surface area contributed by atoms with Crippen molar-refractivity contribution in [3.63, 3.8) is 0 Å². The maximum absolute atomic E-state index is 12.7. The molecule has 1 fully saturated rings. The highest BCUT2D eigenvalue weighted by Gasteiger charge is 2.50. The number of hydrogen-bond acceptors (Lipinski definition) is 11. The number of carbonyl (C=O) groups excluding carboxylic acids is 4. The highest BCUT2D eigenvalue weighted by Crippen LogP contribution is 2.37. The van der Waals surface area contributed by atoms with Crippen molar-refractivity contribution < 1.29 is 43.2 Å². The van der Waals surface area contributed by atoms with Crippen LogP contribution in [0, 0.1) is 5.92 Å². The van der Waals surface area contributed by atoms with Crippen LogP contribution in [0.3, 0.4) is 0 Å². The van der Waals surface area contributed by atoms with Gasteiger partial charge >= 0.3 is 24.0 Å². The van der Waals surface area contributed by atoms with Crippen molar-refractivity contribution in [1.29, 1.82) is 0 Å². The van der Waals surface area contributed by atoms with Crippen LogP contribution in [0.1, 0.15) is 75.0 Å². The molecule has 2 N–H and O–H groups in total. The molecule has 0 unspecified atom stereocenters. The Morgan fingerprint density at radius 1 is 1.03 bits per heavy atom. The van der Waals surface area contributed by atoms with Gasteiger partial charge in [0.05, 0.1) is 43.9 Å². The smallest absolute Gasteiger partial charge is 0.407 e. The first-order chi connectivity index (χ1) is 15.9. The zero-order valence-electron chi connectivity index (χ0n) is 20.2. The van der Waals surface area contributed by atoms with Crippen LogP contribution < -0.4 is 5.32 Å². The number of rotatable bonds is 8. The molecular formula is C21H32N4O9. The quantitative estimate of drug-likeness (QED) is 0.399. The average molecular weight is 485 g/mol. The first kappa shape index (κ1) is 27.0. The summed E-state index contributed by atoms with van der Waals surface area (Å²) in [6.07, 6.45) is -2.33. The van der Waals surface area contributed by atoms with Gasteiger partial charge < -0.3 is 29.4 Å². The number of aliphatic hydroxyl groups excluding tert-OH is 1. The fourth-order valence-electron chi connectivity index (χ4n) is 3.64. The number of esters is 3. The standard InChI is InChI=1S/C21H32N4O9/c1-7-31-17(27)11-10-12(16(26)13(11)22-20(30)34-21(4,5)6)25-15(19(29)33-9-3)14(23-24-25)18(28)32-8-2/h11-13,16,26H,7-10H2,1-6H3,(H,22,30)/t11-,12+,13+,16-/m0/s1. The number of nitrogens with zero attached hydrogens (tertiary/aromatic N) is 3. The molecule has 13 nitrogen and oxygen atoms in total. The van der Waals surface area contributed by atoms with Crippen molar-refractivity contribution in [2.24, 2.45) is 5.92 Å². The van der Waals surface area contributed by atoms with E-state index in [-0.39, 0.29) is 37.6 Å². The molecule has 1 amide bonds. The van der Waals surface area contributed by atoms with E-state index in [4.69, 9.17) is 18.9 Å². The van der Waals surface area contributed by atoms with Crippen molar-refractivity contribution in [3.8, 4) is 0 Å². The number of nitrogens with one attached hydrogen (secondary N) is 1. The summed E-state index contributed by atoms with van der Waals surface area (Å²) in [5.74, 6) is -3.44. The highest BCUT2D eigenvalue weighted by molar-refractivity contribution is 6.00. The number of aromatic nitrogens is 3. The van der Waals surface area contributed by atoms with Crippen LogP contribution in [0.5, 0.6) is 0 Å². The predicted octanol–water partition coefficient (Wildman–Crippen LogP) is 1.01. The molecule has 1 saturated carbocycles. The largest absolute Gasteiger partial charge is 0.466 e. The van der Waals surface area contributed by atoms with Crippen molar-refractivity contribution >= 4 is 24.0 Å². The number of aliphatic hydroxyl groups is 1. The maximum atomic E-state index is 12.7. The van der Waals surface area contributed by atoms with Gasteiger partial charge in [0.2, 0.25) is 5.69 Å². The summed E-state index contributed by atoms with van der Waals surface area (Å²) in [6, 6.07) is -2.14. The predicted molar refractivity (Wildman–Crippen MR) is 115 cm³/mol. The molecule has 1 aromatic heterocycles. The average Bonchev–Trinajstić information content (AvgIpc) is 3.29. The molecule has 0 aliphatic heterocycles. The number of alkyl carbamates (subject to hydrolysis) is 1. The van der Waals surface area contributed by atoms with Crippen LogP contribution in [-0.4, -0.2) is 81.7 Å². The Labute approximate surface area is 197 Å². The van der Waals surface area contributed by atoms with Crippen molar-refractivity contribution in [1.82, 2.24) is 20.3 Å². The molecule has 1 aliphatic rings. The fourth-order valence-corrected chi connectivity index (χ4v) is 3.64. The summed E-state index contributed by atoms with van der Waals surface area (Å²) in [4.78, 5) is 50.0. The van der Waals surface area contributed by atoms with E-state index in [1.165, 1.54) is 0 Å². The molecule has 0 saturated heterocycles. The molecule has 0 bridgehead atoms. The second kappa shape index (κ2) is 11.3. The number of hydrogen-bond donors (Lipinski definition) is 2. The molecule has 13 heteroatoms. The minimum atomic E-state index is -1.41. The fraction of sp³-hybridized carbons (Fsp3) is 0.714. The number of amides is 1. The van der Waals surface area contributed by atoms with Crippen LogP contribution in [-0.2, 0) is 23.7 Å². The summed E-state index contributed by atoms with van der Waals surface area (Å²) < 4.78 is 21.4. The molecule has 2 rings (SSSR count). The van der Waals surface area contributed by atoms with Crippen molar-refractivity contribution in [2.45, 2.75) is 71.8 Å². The monoisotopic (exact) mass is 484 g/mol. The van der Waals surface area contributed by atoms with E-state index in [1.54, 1.807) is 41.5 Å². The molecule has 4 atom stereocenters. The first-order valence-corrected chi connectivity index (χ1v) is 11.1. The van der Waals surface area contributed by atoms with E-state index in [1.807, 2.05) is 0 Å². The molecule has 34 heavy (non-hydrogen) atoms. The van der Waals surface area contributed by atoms with Gasteiger partial charge in [0, 0.05) is 0 Å². The Kier molecular flexibility index (Phi) is 8.96. The van der Waals surface area contributed by atoms with E-state index in [9.17, 15) is 24.3 Å². The van der Waals surface area contributed by atoms with Gasteiger partial charge in [-0.2, -0.15) is 0 Å². The van der Waals surface area contributed by atoms with E-state index >= 15 is 0 Å². The zero-order valence-corrected chi connectivity index (χ0v) is 20.2. The Morgan fingerprint density at radius 3 is 2.18 bits per heavy atom. The van der Waals surface area contributed by atoms with E-state index in [0.29, 0.717) is 0 Å². The van der Waals surface area contributed by atoms with Crippen LogP contribution in [0.2, 0.25) is 0 Å². The molecule has 1 heterocycles. The van der Waals surface area contributed by atoms with Crippen molar-refractivity contribution in [3.05, 3.63) is 11.4 Å². The van der Waals surface area contributed by atoms with Gasteiger partial charge in [-0.05, 0) is 48.0 Å². The highest BCUT2D eigenvalue weighted by atomic mass is 16.6. The molecule has 1 aliphatic carbocycles. The second-order valence-corrected chi connectivity index (χ2v) is 8.50. The Hall–Kier alpha value is -3.22. The molecule has 0 radical (unpaired) electrons. The Balaban J connectivity index is 2.46. The summed E-state index contributed by atoms with van der Waals surface area (Å²) in [5, 5.41) is 21.2. The lowest BCUT2D eigenvalue weighted by Crippen LogP contribution is -2.49. The summed E-state index contributed by atoms with van der Waals surface area (Å²) >= 11 is 0. The Bertz CT molecular complexity index is 909. The summed E-state index contributed by atoms with van der Waals surface area (Å²) in [7, 11) is 0. The van der Waals surface area contributed by atoms with Gasteiger partial charge in [0.1, 0.15) is 5.60 Å². The minimum Gasteiger partial charge on any atom is -0.466 e. The lowest BCUT2D eigenvalue weighted by atomic mass is 10.0. The van der Waals surface area contributed by atoms with Crippen LogP contribution in [0.4, 0.5) is 4.79 Å². The number of carbonyl (C=O) groups is 4. The van der Waals surface area contributed by atoms with Crippen LogP contribution in [0.25, 0.3) is 0 Å². The SMILES string of the molecule is CCOC(=O)c1nnn([C@@H]2C[C@H](C(=O)OCC)[C@@H](NC(=O)OC(C)(C)C)[C@H]2O)c1C(=O)OCC. The molecule has 0 spiro atoms. The van der Waals surface area contributed by atoms with Gasteiger partial charge in [-0.25, -0.2) is 19.1 Å². The number of ether oxygens (including phenoxy) is 4. The first-order valence-electron chi connectivity index (χ1n) is 11.1. The molecule has 0 aromatic carbocycles. The third-order valence-corrected chi connectivity index (χ3v) is 4.91. The molecule has 190 valence electrons. The second-order valence-electron chi connectivity index (χ2n) is 8.50. The van der Waals surface area contributed by atoms with E-state index in [0.717, 1.165) is 4.68 Å². The van der Waals surface area contributed by atoms with Gasteiger partial charge in [-0.3, -0.25) is 4.79 Å². The third-order valence-electron chi connectivity index (χ3n) is 4.91. The van der Waals surface area contributed by atoms with Crippen LogP contribution in [0.15, 0.2) is 0 Å². The normalized spacial score (nSPS) is 22.1. The van der Waals surface area contributed by atoms with Gasteiger partial charge in [-0.1, -0.05) is 5.21 Å². The molecule has 1 aromatic rings. The Morgan fingerprint density at radius 2 is 1.62 bits per heavy atom. The lowest BCUT2D eigenvalue weighted by molar-refractivity contribution is -0.148. The van der Waals surface area contributed by atoms with E-state index in [2.05, 4.69) is 15.6 Å².